The SMILES string of the molecule is COc1cccc([C@H]2Oc3ccccc3[C@H]3CC(c4ccc(C)cc4)=NN32)c1. The van der Waals surface area contributed by atoms with Crippen molar-refractivity contribution in [3.05, 3.63) is 95.1 Å². The third-order valence-electron chi connectivity index (χ3n) is 5.46. The van der Waals surface area contributed by atoms with Crippen LogP contribution in [-0.4, -0.2) is 17.8 Å². The van der Waals surface area contributed by atoms with Crippen LogP contribution in [0, 0.1) is 6.92 Å². The maximum atomic E-state index is 6.40. The van der Waals surface area contributed by atoms with E-state index in [2.05, 4.69) is 54.4 Å². The molecule has 4 heteroatoms. The fourth-order valence-corrected chi connectivity index (χ4v) is 3.97. The lowest BCUT2D eigenvalue weighted by molar-refractivity contribution is -0.0191. The number of aryl methyl sites for hydroxylation is 1. The van der Waals surface area contributed by atoms with Crippen molar-refractivity contribution in [1.82, 2.24) is 5.01 Å². The quantitative estimate of drug-likeness (QED) is 0.632. The van der Waals surface area contributed by atoms with Crippen LogP contribution < -0.4 is 9.47 Å². The zero-order valence-corrected chi connectivity index (χ0v) is 16.0. The highest BCUT2D eigenvalue weighted by Gasteiger charge is 2.40. The normalized spacial score (nSPS) is 20.1. The highest BCUT2D eigenvalue weighted by molar-refractivity contribution is 6.02. The fourth-order valence-electron chi connectivity index (χ4n) is 3.97. The number of ether oxygens (including phenoxy) is 2. The van der Waals surface area contributed by atoms with Crippen LogP contribution in [0.2, 0.25) is 0 Å². The third-order valence-corrected chi connectivity index (χ3v) is 5.46. The number of hydrazone groups is 1. The van der Waals surface area contributed by atoms with Gasteiger partial charge in [0.15, 0.2) is 0 Å². The van der Waals surface area contributed by atoms with E-state index in [4.69, 9.17) is 14.6 Å². The topological polar surface area (TPSA) is 34.1 Å². The summed E-state index contributed by atoms with van der Waals surface area (Å²) in [6.45, 7) is 2.10. The molecule has 0 aliphatic carbocycles. The van der Waals surface area contributed by atoms with E-state index in [9.17, 15) is 0 Å². The van der Waals surface area contributed by atoms with Gasteiger partial charge in [0.1, 0.15) is 11.5 Å². The molecule has 2 atom stereocenters. The van der Waals surface area contributed by atoms with Gasteiger partial charge in [-0.25, -0.2) is 5.01 Å². The molecule has 2 aliphatic rings. The van der Waals surface area contributed by atoms with Gasteiger partial charge in [0.2, 0.25) is 6.23 Å². The lowest BCUT2D eigenvalue weighted by atomic mass is 9.95. The number of hydrogen-bond acceptors (Lipinski definition) is 4. The summed E-state index contributed by atoms with van der Waals surface area (Å²) in [6.07, 6.45) is 0.585. The van der Waals surface area contributed by atoms with Gasteiger partial charge in [-0.15, -0.1) is 0 Å². The maximum Gasteiger partial charge on any atom is 0.214 e. The molecule has 0 saturated carbocycles. The summed E-state index contributed by atoms with van der Waals surface area (Å²) in [5.74, 6) is 1.75. The van der Waals surface area contributed by atoms with Crippen molar-refractivity contribution < 1.29 is 9.47 Å². The number of benzene rings is 3. The first kappa shape index (κ1) is 16.9. The van der Waals surface area contributed by atoms with Crippen molar-refractivity contribution in [3.63, 3.8) is 0 Å². The van der Waals surface area contributed by atoms with E-state index in [0.717, 1.165) is 29.2 Å². The summed E-state index contributed by atoms with van der Waals surface area (Å²) in [4.78, 5) is 0. The summed E-state index contributed by atoms with van der Waals surface area (Å²) in [5, 5.41) is 7.11. The Bertz CT molecular complexity index is 1040. The minimum absolute atomic E-state index is 0.164. The molecular weight excluding hydrogens is 348 g/mol. The van der Waals surface area contributed by atoms with Gasteiger partial charge in [-0.2, -0.15) is 5.10 Å². The van der Waals surface area contributed by atoms with Crippen LogP contribution in [0.5, 0.6) is 11.5 Å². The second-order valence-electron chi connectivity index (χ2n) is 7.30. The fraction of sp³-hybridized carbons (Fsp3) is 0.208. The molecule has 4 nitrogen and oxygen atoms in total. The van der Waals surface area contributed by atoms with E-state index in [-0.39, 0.29) is 12.3 Å². The van der Waals surface area contributed by atoms with Gasteiger partial charge in [-0.1, -0.05) is 60.2 Å². The monoisotopic (exact) mass is 370 g/mol. The van der Waals surface area contributed by atoms with Crippen LogP contribution in [0.25, 0.3) is 0 Å². The van der Waals surface area contributed by atoms with Gasteiger partial charge in [-0.3, -0.25) is 0 Å². The lowest BCUT2D eigenvalue weighted by Crippen LogP contribution is -2.33. The van der Waals surface area contributed by atoms with E-state index in [1.54, 1.807) is 7.11 Å². The van der Waals surface area contributed by atoms with Crippen molar-refractivity contribution in [2.45, 2.75) is 25.6 Å². The van der Waals surface area contributed by atoms with Crippen molar-refractivity contribution >= 4 is 5.71 Å². The largest absolute Gasteiger partial charge is 0.497 e. The average Bonchev–Trinajstić information content (AvgIpc) is 3.19. The van der Waals surface area contributed by atoms with Gasteiger partial charge in [-0.05, 0) is 30.7 Å². The smallest absolute Gasteiger partial charge is 0.214 e. The first-order valence-electron chi connectivity index (χ1n) is 9.55. The molecule has 0 fully saturated rings. The molecule has 3 aromatic rings. The zero-order chi connectivity index (χ0) is 19.1. The predicted molar refractivity (Wildman–Crippen MR) is 110 cm³/mol. The molecule has 0 saturated heterocycles. The summed E-state index contributed by atoms with van der Waals surface area (Å²) in [5.41, 5.74) is 5.74. The average molecular weight is 370 g/mol. The van der Waals surface area contributed by atoms with Gasteiger partial charge in [0, 0.05) is 17.5 Å². The molecule has 0 amide bonds. The van der Waals surface area contributed by atoms with E-state index < -0.39 is 0 Å². The predicted octanol–water partition coefficient (Wildman–Crippen LogP) is 5.25. The number of rotatable bonds is 3. The standard InChI is InChI=1S/C24H22N2O2/c1-16-10-12-17(13-11-16)21-15-22-20-8-3-4-9-23(20)28-24(26(22)25-21)18-6-5-7-19(14-18)27-2/h3-14,22,24H,15H2,1-2H3/t22-,24-/m1/s1. The number of hydrogen-bond donors (Lipinski definition) is 0. The highest BCUT2D eigenvalue weighted by Crippen LogP contribution is 2.47. The Morgan fingerprint density at radius 3 is 2.64 bits per heavy atom. The molecule has 140 valence electrons. The van der Waals surface area contributed by atoms with E-state index >= 15 is 0 Å². The van der Waals surface area contributed by atoms with Crippen molar-refractivity contribution in [2.24, 2.45) is 5.10 Å². The molecule has 0 unspecified atom stereocenters. The van der Waals surface area contributed by atoms with Gasteiger partial charge in [0.05, 0.1) is 18.9 Å². The second-order valence-corrected chi connectivity index (χ2v) is 7.30. The summed E-state index contributed by atoms with van der Waals surface area (Å²) >= 11 is 0. The highest BCUT2D eigenvalue weighted by atomic mass is 16.5. The Morgan fingerprint density at radius 1 is 1.00 bits per heavy atom. The third kappa shape index (κ3) is 2.82. The Balaban J connectivity index is 1.59. The van der Waals surface area contributed by atoms with Gasteiger partial charge in [0.25, 0.3) is 0 Å². The van der Waals surface area contributed by atoms with Gasteiger partial charge >= 0.3 is 0 Å². The van der Waals surface area contributed by atoms with Crippen molar-refractivity contribution in [1.29, 1.82) is 0 Å². The van der Waals surface area contributed by atoms with Crippen LogP contribution >= 0.6 is 0 Å². The first-order valence-corrected chi connectivity index (χ1v) is 9.55. The molecule has 0 aromatic heterocycles. The van der Waals surface area contributed by atoms with Crippen LogP contribution in [0.4, 0.5) is 0 Å². The Hall–Kier alpha value is -3.27. The molecule has 0 bridgehead atoms. The second kappa shape index (κ2) is 6.71. The number of para-hydroxylation sites is 1. The molecule has 0 spiro atoms. The molecule has 0 radical (unpaired) electrons. The Labute approximate surface area is 165 Å². The van der Waals surface area contributed by atoms with Gasteiger partial charge < -0.3 is 9.47 Å². The van der Waals surface area contributed by atoms with Crippen LogP contribution in [0.15, 0.2) is 77.9 Å². The van der Waals surface area contributed by atoms with Crippen molar-refractivity contribution in [3.8, 4) is 11.5 Å². The lowest BCUT2D eigenvalue weighted by Gasteiger charge is -2.38. The number of fused-ring (bicyclic) bond motifs is 3. The zero-order valence-electron chi connectivity index (χ0n) is 16.0. The number of nitrogens with zero attached hydrogens (tertiary/aromatic N) is 2. The van der Waals surface area contributed by atoms with Crippen LogP contribution in [0.3, 0.4) is 0 Å². The summed E-state index contributed by atoms with van der Waals surface area (Å²) < 4.78 is 11.8. The van der Waals surface area contributed by atoms with E-state index in [1.807, 2.05) is 30.3 Å². The molecule has 5 rings (SSSR count). The van der Waals surface area contributed by atoms with E-state index in [1.165, 1.54) is 16.7 Å². The minimum atomic E-state index is -0.280. The van der Waals surface area contributed by atoms with Crippen LogP contribution in [-0.2, 0) is 0 Å². The molecule has 2 aliphatic heterocycles. The molecule has 2 heterocycles. The van der Waals surface area contributed by atoms with Crippen LogP contribution in [0.1, 0.15) is 40.9 Å². The first-order chi connectivity index (χ1) is 13.7. The molecular formula is C24H22N2O2. The Morgan fingerprint density at radius 2 is 1.82 bits per heavy atom. The molecule has 0 N–H and O–H groups in total. The van der Waals surface area contributed by atoms with E-state index in [0.29, 0.717) is 0 Å². The molecule has 3 aromatic carbocycles. The number of methoxy groups -OCH3 is 1. The summed E-state index contributed by atoms with van der Waals surface area (Å²) in [6, 6.07) is 25.1. The Kier molecular flexibility index (Phi) is 4.05. The molecule has 28 heavy (non-hydrogen) atoms. The van der Waals surface area contributed by atoms with Crippen molar-refractivity contribution in [2.75, 3.05) is 7.11 Å². The minimum Gasteiger partial charge on any atom is -0.497 e. The summed E-state index contributed by atoms with van der Waals surface area (Å²) in [7, 11) is 1.68. The maximum absolute atomic E-state index is 6.40.